The van der Waals surface area contributed by atoms with Gasteiger partial charge in [-0.1, -0.05) is 12.1 Å². The number of benzene rings is 1. The smallest absolute Gasteiger partial charge is 0.408 e. The molecule has 0 spiro atoms. The molecule has 0 aliphatic carbocycles. The molecule has 7 nitrogen and oxygen atoms in total. The molecule has 1 fully saturated rings. The highest BCUT2D eigenvalue weighted by Crippen LogP contribution is 2.19. The molecule has 1 atom stereocenters. The lowest BCUT2D eigenvalue weighted by atomic mass is 9.93. The molecule has 162 valence electrons. The van der Waals surface area contributed by atoms with Crippen molar-refractivity contribution in [3.05, 3.63) is 29.8 Å². The van der Waals surface area contributed by atoms with Gasteiger partial charge in [-0.15, -0.1) is 0 Å². The Labute approximate surface area is 173 Å². The number of piperidine rings is 1. The van der Waals surface area contributed by atoms with Gasteiger partial charge in [-0.05, 0) is 83.2 Å². The van der Waals surface area contributed by atoms with Crippen LogP contribution in [0.15, 0.2) is 24.3 Å². The van der Waals surface area contributed by atoms with E-state index in [1.54, 1.807) is 20.8 Å². The molecule has 0 bridgehead atoms. The lowest BCUT2D eigenvalue weighted by Crippen LogP contribution is -2.44. The second kappa shape index (κ2) is 11.0. The van der Waals surface area contributed by atoms with Gasteiger partial charge >= 0.3 is 12.1 Å². The number of hydrogen-bond donors (Lipinski definition) is 3. The Morgan fingerprint density at radius 1 is 1.21 bits per heavy atom. The van der Waals surface area contributed by atoms with Gasteiger partial charge in [0.15, 0.2) is 0 Å². The van der Waals surface area contributed by atoms with Crippen LogP contribution < -0.4 is 15.4 Å². The molecule has 3 N–H and O–H groups in total. The summed E-state index contributed by atoms with van der Waals surface area (Å²) in [6, 6.07) is 6.28. The first-order valence-corrected chi connectivity index (χ1v) is 10.4. The van der Waals surface area contributed by atoms with E-state index in [4.69, 9.17) is 9.47 Å². The van der Waals surface area contributed by atoms with Crippen molar-refractivity contribution < 1.29 is 24.2 Å². The second-order valence-electron chi connectivity index (χ2n) is 8.57. The van der Waals surface area contributed by atoms with Crippen LogP contribution in [0.4, 0.5) is 4.79 Å². The standard InChI is InChI=1S/C22H34N2O5/c1-22(2,3)29-21(27)24-19(20(25)26)15-17-6-8-18(9-7-17)28-14-4-5-16-10-12-23-13-11-16/h6-9,16,19,23H,4-5,10-15H2,1-3H3,(H,24,27)(H,25,26). The predicted molar refractivity (Wildman–Crippen MR) is 111 cm³/mol. The van der Waals surface area contributed by atoms with Gasteiger partial charge in [0, 0.05) is 6.42 Å². The van der Waals surface area contributed by atoms with Crippen LogP contribution in [0.25, 0.3) is 0 Å². The van der Waals surface area contributed by atoms with E-state index in [2.05, 4.69) is 10.6 Å². The number of amides is 1. The zero-order valence-electron chi connectivity index (χ0n) is 17.7. The van der Waals surface area contributed by atoms with Crippen molar-refractivity contribution in [3.8, 4) is 5.75 Å². The van der Waals surface area contributed by atoms with E-state index < -0.39 is 23.7 Å². The molecule has 0 saturated carbocycles. The van der Waals surface area contributed by atoms with Gasteiger partial charge in [0.05, 0.1) is 6.61 Å². The van der Waals surface area contributed by atoms with E-state index in [-0.39, 0.29) is 6.42 Å². The molecule has 1 aromatic rings. The van der Waals surface area contributed by atoms with Crippen LogP contribution in [0.3, 0.4) is 0 Å². The highest BCUT2D eigenvalue weighted by Gasteiger charge is 2.24. The molecular weight excluding hydrogens is 372 g/mol. The minimum Gasteiger partial charge on any atom is -0.494 e. The van der Waals surface area contributed by atoms with Gasteiger partial charge in [-0.2, -0.15) is 0 Å². The van der Waals surface area contributed by atoms with Crippen molar-refractivity contribution >= 4 is 12.1 Å². The van der Waals surface area contributed by atoms with Gasteiger partial charge in [0.25, 0.3) is 0 Å². The number of carboxylic acids is 1. The van der Waals surface area contributed by atoms with Crippen LogP contribution in [0.2, 0.25) is 0 Å². The number of hydrogen-bond acceptors (Lipinski definition) is 5. The molecule has 7 heteroatoms. The van der Waals surface area contributed by atoms with Crippen molar-refractivity contribution in [2.75, 3.05) is 19.7 Å². The Morgan fingerprint density at radius 2 is 1.86 bits per heavy atom. The summed E-state index contributed by atoms with van der Waals surface area (Å²) in [5.41, 5.74) is 0.121. The zero-order valence-corrected chi connectivity index (χ0v) is 17.7. The molecule has 1 aliphatic heterocycles. The van der Waals surface area contributed by atoms with Gasteiger partial charge < -0.3 is 25.2 Å². The number of aliphatic carboxylic acids is 1. The van der Waals surface area contributed by atoms with Gasteiger partial charge in [0.2, 0.25) is 0 Å². The van der Waals surface area contributed by atoms with E-state index in [0.717, 1.165) is 36.7 Å². The van der Waals surface area contributed by atoms with Crippen molar-refractivity contribution in [2.24, 2.45) is 5.92 Å². The highest BCUT2D eigenvalue weighted by molar-refractivity contribution is 5.80. The number of nitrogens with one attached hydrogen (secondary N) is 2. The first kappa shape index (κ1) is 23.0. The maximum absolute atomic E-state index is 11.9. The van der Waals surface area contributed by atoms with E-state index in [1.807, 2.05) is 24.3 Å². The SMILES string of the molecule is CC(C)(C)OC(=O)NC(Cc1ccc(OCCCC2CCNCC2)cc1)C(=O)O. The molecule has 2 rings (SSSR count). The van der Waals surface area contributed by atoms with Crippen LogP contribution in [0, 0.1) is 5.92 Å². The quantitative estimate of drug-likeness (QED) is 0.544. The Hall–Kier alpha value is -2.28. The topological polar surface area (TPSA) is 96.9 Å². The fraction of sp³-hybridized carbons (Fsp3) is 0.636. The molecule has 29 heavy (non-hydrogen) atoms. The predicted octanol–water partition coefficient (Wildman–Crippen LogP) is 3.37. The Kier molecular flexibility index (Phi) is 8.76. The highest BCUT2D eigenvalue weighted by atomic mass is 16.6. The van der Waals surface area contributed by atoms with Crippen LogP contribution in [-0.4, -0.2) is 48.5 Å². The third-order valence-corrected chi connectivity index (χ3v) is 4.84. The summed E-state index contributed by atoms with van der Waals surface area (Å²) in [5.74, 6) is 0.466. The summed E-state index contributed by atoms with van der Waals surface area (Å²) in [7, 11) is 0. The monoisotopic (exact) mass is 406 g/mol. The lowest BCUT2D eigenvalue weighted by Gasteiger charge is -2.22. The number of alkyl carbamates (subject to hydrolysis) is 1. The summed E-state index contributed by atoms with van der Waals surface area (Å²) in [6.07, 6.45) is 4.15. The molecule has 0 radical (unpaired) electrons. The lowest BCUT2D eigenvalue weighted by molar-refractivity contribution is -0.139. The fourth-order valence-corrected chi connectivity index (χ4v) is 3.34. The fourth-order valence-electron chi connectivity index (χ4n) is 3.34. The van der Waals surface area contributed by atoms with E-state index in [9.17, 15) is 14.7 Å². The van der Waals surface area contributed by atoms with Gasteiger partial charge in [-0.3, -0.25) is 0 Å². The first-order chi connectivity index (χ1) is 13.7. The molecule has 1 heterocycles. The van der Waals surface area contributed by atoms with Crippen LogP contribution in [-0.2, 0) is 16.0 Å². The van der Waals surface area contributed by atoms with Crippen LogP contribution in [0.5, 0.6) is 5.75 Å². The summed E-state index contributed by atoms with van der Waals surface area (Å²) < 4.78 is 10.9. The van der Waals surface area contributed by atoms with Crippen molar-refractivity contribution in [1.29, 1.82) is 0 Å². The van der Waals surface area contributed by atoms with Crippen molar-refractivity contribution in [1.82, 2.24) is 10.6 Å². The Morgan fingerprint density at radius 3 is 2.45 bits per heavy atom. The van der Waals surface area contributed by atoms with Crippen molar-refractivity contribution in [3.63, 3.8) is 0 Å². The van der Waals surface area contributed by atoms with Crippen LogP contribution >= 0.6 is 0 Å². The Balaban J connectivity index is 1.76. The van der Waals surface area contributed by atoms with E-state index in [0.29, 0.717) is 6.61 Å². The van der Waals surface area contributed by atoms with E-state index in [1.165, 1.54) is 19.3 Å². The molecule has 1 amide bonds. The summed E-state index contributed by atoms with van der Waals surface area (Å²) in [5, 5.41) is 15.2. The maximum atomic E-state index is 11.9. The molecule has 1 aliphatic rings. The normalized spacial score (nSPS) is 16.1. The number of carbonyl (C=O) groups excluding carboxylic acids is 1. The van der Waals surface area contributed by atoms with E-state index >= 15 is 0 Å². The molecule has 1 unspecified atom stereocenters. The minimum atomic E-state index is -1.10. The number of rotatable bonds is 9. The minimum absolute atomic E-state index is 0.171. The first-order valence-electron chi connectivity index (χ1n) is 10.4. The number of carbonyl (C=O) groups is 2. The third kappa shape index (κ3) is 9.17. The largest absolute Gasteiger partial charge is 0.494 e. The number of carboxylic acid groups (broad SMARTS) is 1. The Bertz CT molecular complexity index is 648. The van der Waals surface area contributed by atoms with Crippen molar-refractivity contribution in [2.45, 2.75) is 64.5 Å². The second-order valence-corrected chi connectivity index (χ2v) is 8.57. The molecule has 1 saturated heterocycles. The summed E-state index contributed by atoms with van der Waals surface area (Å²) in [6.45, 7) is 8.11. The summed E-state index contributed by atoms with van der Waals surface area (Å²) >= 11 is 0. The third-order valence-electron chi connectivity index (χ3n) is 4.84. The molecular formula is C22H34N2O5. The molecule has 0 aromatic heterocycles. The zero-order chi connectivity index (χ0) is 21.3. The van der Waals surface area contributed by atoms with Gasteiger partial charge in [-0.25, -0.2) is 9.59 Å². The molecule has 1 aromatic carbocycles. The van der Waals surface area contributed by atoms with Crippen LogP contribution in [0.1, 0.15) is 52.0 Å². The van der Waals surface area contributed by atoms with Gasteiger partial charge in [0.1, 0.15) is 17.4 Å². The summed E-state index contributed by atoms with van der Waals surface area (Å²) in [4.78, 5) is 23.3. The average molecular weight is 407 g/mol. The number of ether oxygens (including phenoxy) is 2. The maximum Gasteiger partial charge on any atom is 0.408 e. The average Bonchev–Trinajstić information content (AvgIpc) is 2.65.